The molecule has 5 saturated carbocycles. The Morgan fingerprint density at radius 2 is 2.17 bits per heavy atom. The molecule has 0 radical (unpaired) electrons. The standard InChI is InChI=1S/C21H27NO/c1-23-14-6-4-5-13(9-14)12-22-18-10-17-20-8-3-2-7-15(20)19(20)16-11-21(16,17)18/h4-6,9,15-19,22H,2-3,7-8,10-12H2,1H3. The first-order chi connectivity index (χ1) is 11.3. The lowest BCUT2D eigenvalue weighted by atomic mass is 9.58. The molecule has 0 amide bonds. The van der Waals surface area contributed by atoms with Crippen LogP contribution in [0.4, 0.5) is 0 Å². The van der Waals surface area contributed by atoms with Gasteiger partial charge < -0.3 is 10.1 Å². The van der Waals surface area contributed by atoms with Gasteiger partial charge in [-0.3, -0.25) is 0 Å². The Hall–Kier alpha value is -1.02. The van der Waals surface area contributed by atoms with E-state index >= 15 is 0 Å². The highest BCUT2D eigenvalue weighted by Crippen LogP contribution is 2.95. The number of ether oxygens (including phenoxy) is 1. The van der Waals surface area contributed by atoms with Gasteiger partial charge >= 0.3 is 0 Å². The van der Waals surface area contributed by atoms with E-state index in [4.69, 9.17) is 4.74 Å². The first-order valence-corrected chi connectivity index (χ1v) is 9.67. The minimum Gasteiger partial charge on any atom is -0.497 e. The summed E-state index contributed by atoms with van der Waals surface area (Å²) < 4.78 is 5.35. The number of hydrogen-bond acceptors (Lipinski definition) is 2. The predicted octanol–water partition coefficient (Wildman–Crippen LogP) is 4.00. The number of methoxy groups -OCH3 is 1. The quantitative estimate of drug-likeness (QED) is 0.907. The molecule has 5 aliphatic carbocycles. The molecule has 0 heterocycles. The zero-order chi connectivity index (χ0) is 15.2. The Kier molecular flexibility index (Phi) is 2.39. The Morgan fingerprint density at radius 1 is 1.22 bits per heavy atom. The van der Waals surface area contributed by atoms with Crippen LogP contribution in [0.15, 0.2) is 24.3 Å². The third-order valence-electron chi connectivity index (χ3n) is 8.65. The molecular weight excluding hydrogens is 282 g/mol. The van der Waals surface area contributed by atoms with Crippen LogP contribution in [0, 0.1) is 34.5 Å². The van der Waals surface area contributed by atoms with E-state index in [1.807, 2.05) is 6.07 Å². The summed E-state index contributed by atoms with van der Waals surface area (Å²) in [5.74, 6) is 5.48. The summed E-state index contributed by atoms with van der Waals surface area (Å²) in [6, 6.07) is 9.33. The summed E-state index contributed by atoms with van der Waals surface area (Å²) >= 11 is 0. The maximum absolute atomic E-state index is 5.35. The van der Waals surface area contributed by atoms with Gasteiger partial charge in [0.2, 0.25) is 0 Å². The third kappa shape index (κ3) is 1.42. The summed E-state index contributed by atoms with van der Waals surface area (Å²) in [5.41, 5.74) is 2.96. The van der Waals surface area contributed by atoms with Crippen molar-refractivity contribution in [2.24, 2.45) is 34.5 Å². The van der Waals surface area contributed by atoms with Crippen LogP contribution < -0.4 is 10.1 Å². The number of rotatable bonds is 4. The minimum atomic E-state index is 0.747. The lowest BCUT2D eigenvalue weighted by Gasteiger charge is -2.51. The van der Waals surface area contributed by atoms with Crippen molar-refractivity contribution in [3.63, 3.8) is 0 Å². The SMILES string of the molecule is COc1cccc(CNC2CC3C24CC4C2C4CCCCC423)c1. The van der Waals surface area contributed by atoms with E-state index in [1.54, 1.807) is 26.4 Å². The van der Waals surface area contributed by atoms with Crippen LogP contribution in [0.5, 0.6) is 5.75 Å². The molecule has 7 atom stereocenters. The molecule has 0 aliphatic heterocycles. The van der Waals surface area contributed by atoms with E-state index in [-0.39, 0.29) is 0 Å². The molecule has 0 saturated heterocycles. The molecule has 6 rings (SSSR count). The van der Waals surface area contributed by atoms with Gasteiger partial charge in [-0.2, -0.15) is 0 Å². The Bertz CT molecular complexity index is 672. The fourth-order valence-corrected chi connectivity index (χ4v) is 7.85. The van der Waals surface area contributed by atoms with Crippen molar-refractivity contribution < 1.29 is 4.74 Å². The van der Waals surface area contributed by atoms with Gasteiger partial charge in [0.05, 0.1) is 7.11 Å². The molecule has 7 unspecified atom stereocenters. The number of hydrogen-bond donors (Lipinski definition) is 1. The lowest BCUT2D eigenvalue weighted by molar-refractivity contribution is 0.00907. The van der Waals surface area contributed by atoms with E-state index in [0.29, 0.717) is 0 Å². The van der Waals surface area contributed by atoms with Crippen LogP contribution in [0.25, 0.3) is 0 Å². The molecule has 2 heteroatoms. The predicted molar refractivity (Wildman–Crippen MR) is 90.1 cm³/mol. The van der Waals surface area contributed by atoms with Gasteiger partial charge in [0.25, 0.3) is 0 Å². The summed E-state index contributed by atoms with van der Waals surface area (Å²) in [5, 5.41) is 3.92. The van der Waals surface area contributed by atoms with Crippen molar-refractivity contribution in [3.8, 4) is 5.75 Å². The highest BCUT2D eigenvalue weighted by molar-refractivity contribution is 5.40. The van der Waals surface area contributed by atoms with Gasteiger partial charge in [0.1, 0.15) is 5.75 Å². The van der Waals surface area contributed by atoms with Crippen LogP contribution in [0.1, 0.15) is 44.1 Å². The van der Waals surface area contributed by atoms with Crippen LogP contribution in [-0.4, -0.2) is 13.2 Å². The van der Waals surface area contributed by atoms with Gasteiger partial charge in [-0.25, -0.2) is 0 Å². The summed E-state index contributed by atoms with van der Waals surface area (Å²) in [4.78, 5) is 0. The molecule has 0 bridgehead atoms. The largest absolute Gasteiger partial charge is 0.497 e. The Morgan fingerprint density at radius 3 is 3.09 bits per heavy atom. The van der Waals surface area contributed by atoms with Crippen LogP contribution in [0.3, 0.4) is 0 Å². The molecule has 122 valence electrons. The highest BCUT2D eigenvalue weighted by atomic mass is 16.5. The summed E-state index contributed by atoms with van der Waals surface area (Å²) in [7, 11) is 1.75. The number of nitrogens with one attached hydrogen (secondary N) is 1. The normalized spacial score (nSPS) is 50.9. The zero-order valence-corrected chi connectivity index (χ0v) is 14.1. The first-order valence-electron chi connectivity index (χ1n) is 9.67. The molecule has 0 aromatic heterocycles. The van der Waals surface area contributed by atoms with Crippen molar-refractivity contribution in [2.75, 3.05) is 7.11 Å². The Balaban J connectivity index is 1.16. The number of benzene rings is 1. The van der Waals surface area contributed by atoms with Crippen molar-refractivity contribution in [1.29, 1.82) is 0 Å². The molecule has 1 N–H and O–H groups in total. The summed E-state index contributed by atoms with van der Waals surface area (Å²) in [6.45, 7) is 1.00. The average Bonchev–Trinajstić information content (AvgIpc) is 3.44. The van der Waals surface area contributed by atoms with E-state index in [0.717, 1.165) is 52.8 Å². The van der Waals surface area contributed by atoms with Crippen LogP contribution in [-0.2, 0) is 6.54 Å². The van der Waals surface area contributed by atoms with E-state index < -0.39 is 0 Å². The monoisotopic (exact) mass is 309 g/mol. The highest BCUT2D eigenvalue weighted by Gasteiger charge is 2.91. The topological polar surface area (TPSA) is 21.3 Å². The smallest absolute Gasteiger partial charge is 0.119 e. The minimum absolute atomic E-state index is 0.747. The maximum Gasteiger partial charge on any atom is 0.119 e. The van der Waals surface area contributed by atoms with Crippen molar-refractivity contribution in [1.82, 2.24) is 5.32 Å². The molecule has 5 fully saturated rings. The third-order valence-corrected chi connectivity index (χ3v) is 8.65. The van der Waals surface area contributed by atoms with Crippen LogP contribution >= 0.6 is 0 Å². The zero-order valence-electron chi connectivity index (χ0n) is 14.1. The molecule has 2 nitrogen and oxygen atoms in total. The van der Waals surface area contributed by atoms with E-state index in [1.165, 1.54) is 24.8 Å². The van der Waals surface area contributed by atoms with Gasteiger partial charge in [-0.15, -0.1) is 0 Å². The fraction of sp³-hybridized carbons (Fsp3) is 0.714. The number of fused-ring (bicyclic) bond motifs is 2. The summed E-state index contributed by atoms with van der Waals surface area (Å²) in [6.07, 6.45) is 9.20. The average molecular weight is 309 g/mol. The fourth-order valence-electron chi connectivity index (χ4n) is 7.85. The second kappa shape index (κ2) is 4.14. The van der Waals surface area contributed by atoms with E-state index in [9.17, 15) is 0 Å². The molecule has 1 aromatic rings. The molecule has 5 aliphatic rings. The van der Waals surface area contributed by atoms with Crippen molar-refractivity contribution in [2.45, 2.75) is 51.1 Å². The lowest BCUT2D eigenvalue weighted by Crippen LogP contribution is -2.55. The van der Waals surface area contributed by atoms with Gasteiger partial charge in [-0.05, 0) is 77.9 Å². The van der Waals surface area contributed by atoms with Crippen molar-refractivity contribution >= 4 is 0 Å². The molecule has 2 spiro atoms. The Labute approximate surface area is 139 Å². The van der Waals surface area contributed by atoms with E-state index in [2.05, 4.69) is 23.5 Å². The molecular formula is C21H27NO. The van der Waals surface area contributed by atoms with Gasteiger partial charge in [0.15, 0.2) is 0 Å². The molecule has 1 aromatic carbocycles. The second-order valence-corrected chi connectivity index (χ2v) is 8.99. The van der Waals surface area contributed by atoms with Crippen molar-refractivity contribution in [3.05, 3.63) is 29.8 Å². The van der Waals surface area contributed by atoms with Crippen LogP contribution in [0.2, 0.25) is 0 Å². The first kappa shape index (κ1) is 13.3. The maximum atomic E-state index is 5.35. The van der Waals surface area contributed by atoms with Gasteiger partial charge in [0, 0.05) is 12.6 Å². The molecule has 23 heavy (non-hydrogen) atoms. The van der Waals surface area contributed by atoms with Gasteiger partial charge in [-0.1, -0.05) is 25.0 Å². The second-order valence-electron chi connectivity index (χ2n) is 8.99.